The molecule has 1 N–H and O–H groups in total. The first-order valence-corrected chi connectivity index (χ1v) is 7.20. The summed E-state index contributed by atoms with van der Waals surface area (Å²) in [6.07, 6.45) is 2.26. The Hall–Kier alpha value is -0.840. The van der Waals surface area contributed by atoms with E-state index in [9.17, 15) is 0 Å². The van der Waals surface area contributed by atoms with Crippen molar-refractivity contribution in [3.8, 4) is 0 Å². The van der Waals surface area contributed by atoms with E-state index >= 15 is 0 Å². The summed E-state index contributed by atoms with van der Waals surface area (Å²) in [5, 5.41) is 4.76. The van der Waals surface area contributed by atoms with Crippen molar-refractivity contribution in [1.29, 1.82) is 0 Å². The van der Waals surface area contributed by atoms with Crippen LogP contribution in [-0.2, 0) is 13.6 Å². The standard InChI is InChI=1S/C14H18BrN3/c1-17-9-11(10-18-7-5-16-6-8-18)14-12(15)3-2-4-13(14)17/h2-4,9,16H,5-8,10H2,1H3. The van der Waals surface area contributed by atoms with Crippen molar-refractivity contribution in [2.45, 2.75) is 6.54 Å². The summed E-state index contributed by atoms with van der Waals surface area (Å²) in [4.78, 5) is 2.52. The number of hydrogen-bond donors (Lipinski definition) is 1. The van der Waals surface area contributed by atoms with Crippen LogP contribution < -0.4 is 5.32 Å². The monoisotopic (exact) mass is 307 g/mol. The van der Waals surface area contributed by atoms with Crippen molar-refractivity contribution >= 4 is 26.8 Å². The molecule has 3 rings (SSSR count). The molecule has 2 heterocycles. The molecule has 0 bridgehead atoms. The molecule has 18 heavy (non-hydrogen) atoms. The minimum atomic E-state index is 1.04. The van der Waals surface area contributed by atoms with Gasteiger partial charge in [0.25, 0.3) is 0 Å². The number of piperazine rings is 1. The number of rotatable bonds is 2. The molecule has 1 aromatic carbocycles. The number of halogens is 1. The number of hydrogen-bond acceptors (Lipinski definition) is 2. The fraction of sp³-hybridized carbons (Fsp3) is 0.429. The summed E-state index contributed by atoms with van der Waals surface area (Å²) in [5.41, 5.74) is 2.72. The van der Waals surface area contributed by atoms with Gasteiger partial charge in [-0.3, -0.25) is 4.90 Å². The molecule has 1 aliphatic heterocycles. The van der Waals surface area contributed by atoms with Gasteiger partial charge in [-0.05, 0) is 17.7 Å². The highest BCUT2D eigenvalue weighted by Crippen LogP contribution is 2.29. The number of fused-ring (bicyclic) bond motifs is 1. The molecule has 0 spiro atoms. The maximum atomic E-state index is 3.68. The van der Waals surface area contributed by atoms with E-state index in [4.69, 9.17) is 0 Å². The zero-order chi connectivity index (χ0) is 12.5. The molecule has 0 aliphatic carbocycles. The lowest BCUT2D eigenvalue weighted by Gasteiger charge is -2.26. The molecule has 1 aliphatic rings. The maximum absolute atomic E-state index is 3.68. The molecule has 0 atom stereocenters. The van der Waals surface area contributed by atoms with Gasteiger partial charge >= 0.3 is 0 Å². The fourth-order valence-electron chi connectivity index (χ4n) is 2.72. The molecule has 2 aromatic rings. The van der Waals surface area contributed by atoms with E-state index in [2.05, 4.69) is 62.2 Å². The van der Waals surface area contributed by atoms with Gasteiger partial charge in [-0.15, -0.1) is 0 Å². The number of aryl methyl sites for hydroxylation is 1. The summed E-state index contributed by atoms with van der Waals surface area (Å²) in [5.74, 6) is 0. The topological polar surface area (TPSA) is 20.2 Å². The first-order chi connectivity index (χ1) is 8.75. The first kappa shape index (κ1) is 12.2. The van der Waals surface area contributed by atoms with Crippen LogP contribution in [0.2, 0.25) is 0 Å². The third-order valence-corrected chi connectivity index (χ3v) is 4.31. The highest BCUT2D eigenvalue weighted by Gasteiger charge is 2.14. The number of nitrogens with one attached hydrogen (secondary N) is 1. The van der Waals surface area contributed by atoms with E-state index in [1.807, 2.05) is 0 Å². The van der Waals surface area contributed by atoms with Crippen LogP contribution in [0.4, 0.5) is 0 Å². The second-order valence-electron chi connectivity index (χ2n) is 4.93. The summed E-state index contributed by atoms with van der Waals surface area (Å²) < 4.78 is 3.42. The Morgan fingerprint density at radius 1 is 1.28 bits per heavy atom. The van der Waals surface area contributed by atoms with Crippen molar-refractivity contribution in [1.82, 2.24) is 14.8 Å². The first-order valence-electron chi connectivity index (χ1n) is 6.41. The summed E-state index contributed by atoms with van der Waals surface area (Å²) >= 11 is 3.68. The lowest BCUT2D eigenvalue weighted by atomic mass is 10.1. The number of benzene rings is 1. The van der Waals surface area contributed by atoms with Crippen molar-refractivity contribution < 1.29 is 0 Å². The van der Waals surface area contributed by atoms with Crippen LogP contribution in [0.3, 0.4) is 0 Å². The summed E-state index contributed by atoms with van der Waals surface area (Å²) in [6, 6.07) is 6.41. The minimum absolute atomic E-state index is 1.04. The second-order valence-corrected chi connectivity index (χ2v) is 5.78. The van der Waals surface area contributed by atoms with Gasteiger partial charge in [0, 0.05) is 61.3 Å². The molecule has 0 saturated carbocycles. The maximum Gasteiger partial charge on any atom is 0.0492 e. The van der Waals surface area contributed by atoms with E-state index in [0.717, 1.165) is 32.7 Å². The van der Waals surface area contributed by atoms with Crippen LogP contribution in [0.1, 0.15) is 5.56 Å². The number of aromatic nitrogens is 1. The molecule has 1 saturated heterocycles. The van der Waals surface area contributed by atoms with Crippen LogP contribution in [-0.4, -0.2) is 35.6 Å². The average molecular weight is 308 g/mol. The van der Waals surface area contributed by atoms with Crippen LogP contribution >= 0.6 is 15.9 Å². The minimum Gasteiger partial charge on any atom is -0.350 e. The molecular weight excluding hydrogens is 290 g/mol. The van der Waals surface area contributed by atoms with E-state index in [1.54, 1.807) is 0 Å². The molecular formula is C14H18BrN3. The summed E-state index contributed by atoms with van der Waals surface area (Å²) in [6.45, 7) is 5.53. The lowest BCUT2D eigenvalue weighted by Crippen LogP contribution is -2.42. The van der Waals surface area contributed by atoms with Crippen molar-refractivity contribution in [2.24, 2.45) is 7.05 Å². The van der Waals surface area contributed by atoms with E-state index in [0.29, 0.717) is 0 Å². The quantitative estimate of drug-likeness (QED) is 0.919. The van der Waals surface area contributed by atoms with Crippen LogP contribution in [0.25, 0.3) is 10.9 Å². The van der Waals surface area contributed by atoms with Gasteiger partial charge in [0.15, 0.2) is 0 Å². The highest BCUT2D eigenvalue weighted by atomic mass is 79.9. The molecule has 96 valence electrons. The van der Waals surface area contributed by atoms with E-state index in [-0.39, 0.29) is 0 Å². The Kier molecular flexibility index (Phi) is 3.41. The predicted molar refractivity (Wildman–Crippen MR) is 78.8 cm³/mol. The Bertz CT molecular complexity index is 555. The highest BCUT2D eigenvalue weighted by molar-refractivity contribution is 9.10. The van der Waals surface area contributed by atoms with Gasteiger partial charge < -0.3 is 9.88 Å². The third kappa shape index (κ3) is 2.20. The Morgan fingerprint density at radius 3 is 2.83 bits per heavy atom. The van der Waals surface area contributed by atoms with Crippen LogP contribution in [0.15, 0.2) is 28.9 Å². The smallest absolute Gasteiger partial charge is 0.0492 e. The molecule has 1 fully saturated rings. The Morgan fingerprint density at radius 2 is 2.06 bits per heavy atom. The van der Waals surface area contributed by atoms with Crippen LogP contribution in [0, 0.1) is 0 Å². The van der Waals surface area contributed by atoms with Gasteiger partial charge in [0.1, 0.15) is 0 Å². The third-order valence-electron chi connectivity index (χ3n) is 3.65. The normalized spacial score (nSPS) is 17.4. The molecule has 0 radical (unpaired) electrons. The van der Waals surface area contributed by atoms with Gasteiger partial charge in [0.2, 0.25) is 0 Å². The second kappa shape index (κ2) is 5.03. The summed E-state index contributed by atoms with van der Waals surface area (Å²) in [7, 11) is 2.12. The van der Waals surface area contributed by atoms with Gasteiger partial charge in [-0.25, -0.2) is 0 Å². The number of nitrogens with zero attached hydrogens (tertiary/aromatic N) is 2. The molecule has 0 amide bonds. The Labute approximate surface area is 116 Å². The zero-order valence-electron chi connectivity index (χ0n) is 10.6. The van der Waals surface area contributed by atoms with Crippen LogP contribution in [0.5, 0.6) is 0 Å². The van der Waals surface area contributed by atoms with Crippen molar-refractivity contribution in [3.63, 3.8) is 0 Å². The largest absolute Gasteiger partial charge is 0.350 e. The fourth-order valence-corrected chi connectivity index (χ4v) is 3.33. The van der Waals surface area contributed by atoms with Gasteiger partial charge in [-0.2, -0.15) is 0 Å². The Balaban J connectivity index is 1.96. The van der Waals surface area contributed by atoms with E-state index in [1.165, 1.54) is 20.9 Å². The van der Waals surface area contributed by atoms with Crippen molar-refractivity contribution in [3.05, 3.63) is 34.4 Å². The van der Waals surface area contributed by atoms with Gasteiger partial charge in [0.05, 0.1) is 0 Å². The van der Waals surface area contributed by atoms with Gasteiger partial charge in [-0.1, -0.05) is 22.0 Å². The SMILES string of the molecule is Cn1cc(CN2CCNCC2)c2c(Br)cccc21. The molecule has 1 aromatic heterocycles. The predicted octanol–water partition coefficient (Wildman–Crippen LogP) is 2.35. The molecule has 4 heteroatoms. The zero-order valence-corrected chi connectivity index (χ0v) is 12.2. The lowest BCUT2D eigenvalue weighted by molar-refractivity contribution is 0.234. The van der Waals surface area contributed by atoms with Crippen molar-refractivity contribution in [2.75, 3.05) is 26.2 Å². The molecule has 0 unspecified atom stereocenters. The average Bonchev–Trinajstić information content (AvgIpc) is 2.69. The molecule has 3 nitrogen and oxygen atoms in total. The van der Waals surface area contributed by atoms with E-state index < -0.39 is 0 Å².